The minimum absolute atomic E-state index is 0.276. The number of aromatic nitrogens is 1. The molecule has 0 aromatic carbocycles. The number of fused-ring (bicyclic) bond motifs is 1. The molecule has 0 radical (unpaired) electrons. The Morgan fingerprint density at radius 3 is 3.00 bits per heavy atom. The first kappa shape index (κ1) is 18.1. The molecule has 1 aliphatic carbocycles. The first-order valence-electron chi connectivity index (χ1n) is 8.80. The highest BCUT2D eigenvalue weighted by molar-refractivity contribution is 7.91. The summed E-state index contributed by atoms with van der Waals surface area (Å²) < 4.78 is 27.2. The predicted molar refractivity (Wildman–Crippen MR) is 103 cm³/mol. The van der Waals surface area contributed by atoms with Crippen LogP contribution < -0.4 is 5.32 Å². The lowest BCUT2D eigenvalue weighted by Gasteiger charge is -2.22. The van der Waals surface area contributed by atoms with Crippen LogP contribution in [0.5, 0.6) is 0 Å². The molecule has 2 unspecified atom stereocenters. The van der Waals surface area contributed by atoms with Crippen molar-refractivity contribution in [1.82, 2.24) is 9.29 Å². The Hall–Kier alpha value is -1.29. The Morgan fingerprint density at radius 1 is 1.38 bits per heavy atom. The first-order chi connectivity index (χ1) is 12.4. The summed E-state index contributed by atoms with van der Waals surface area (Å²) in [5.41, 5.74) is 1.08. The van der Waals surface area contributed by atoms with Gasteiger partial charge in [0.1, 0.15) is 10.3 Å². The van der Waals surface area contributed by atoms with Crippen LogP contribution in [0.3, 0.4) is 0 Å². The number of nitrogens with one attached hydrogen (secondary N) is 1. The third kappa shape index (κ3) is 3.33. The number of aryl methyl sites for hydroxylation is 1. The van der Waals surface area contributed by atoms with Crippen molar-refractivity contribution < 1.29 is 13.2 Å². The van der Waals surface area contributed by atoms with Gasteiger partial charge in [0.2, 0.25) is 5.91 Å². The molecule has 2 aromatic heterocycles. The van der Waals surface area contributed by atoms with E-state index < -0.39 is 16.1 Å². The van der Waals surface area contributed by atoms with Crippen LogP contribution >= 0.6 is 22.7 Å². The molecular formula is C17H21N3O3S3. The van der Waals surface area contributed by atoms with E-state index in [2.05, 4.69) is 17.2 Å². The van der Waals surface area contributed by atoms with E-state index in [0.717, 1.165) is 25.0 Å². The largest absolute Gasteiger partial charge is 0.301 e. The van der Waals surface area contributed by atoms with E-state index in [1.165, 1.54) is 31.9 Å². The molecule has 1 saturated heterocycles. The highest BCUT2D eigenvalue weighted by Crippen LogP contribution is 2.33. The predicted octanol–water partition coefficient (Wildman–Crippen LogP) is 3.12. The molecule has 6 nitrogen and oxygen atoms in total. The van der Waals surface area contributed by atoms with Gasteiger partial charge in [-0.15, -0.1) is 22.7 Å². The van der Waals surface area contributed by atoms with E-state index in [1.54, 1.807) is 17.5 Å². The molecule has 2 atom stereocenters. The Balaban J connectivity index is 1.51. The molecular weight excluding hydrogens is 390 g/mol. The maximum absolute atomic E-state index is 12.8. The van der Waals surface area contributed by atoms with Gasteiger partial charge < -0.3 is 5.32 Å². The van der Waals surface area contributed by atoms with Gasteiger partial charge in [-0.05, 0) is 49.5 Å². The Bertz CT molecular complexity index is 905. The number of thiophene rings is 1. The standard InChI is InChI=1S/C17H21N3O3S3/c1-11-6-7-12-14(10-11)25-17(18-12)19-16(21)13-4-2-8-20(13)26(22,23)15-5-3-9-24-15/h3,5,9,11,13H,2,4,6-8,10H2,1H3,(H,18,19,21). The normalized spacial score (nSPS) is 23.7. The molecule has 26 heavy (non-hydrogen) atoms. The van der Waals surface area contributed by atoms with Crippen molar-refractivity contribution in [2.75, 3.05) is 11.9 Å². The molecule has 1 N–H and O–H groups in total. The van der Waals surface area contributed by atoms with Gasteiger partial charge in [-0.3, -0.25) is 4.79 Å². The Labute approximate surface area is 161 Å². The van der Waals surface area contributed by atoms with E-state index in [9.17, 15) is 13.2 Å². The summed E-state index contributed by atoms with van der Waals surface area (Å²) in [7, 11) is -3.62. The van der Waals surface area contributed by atoms with Crippen LogP contribution in [0.15, 0.2) is 21.7 Å². The quantitative estimate of drug-likeness (QED) is 0.838. The van der Waals surface area contributed by atoms with Gasteiger partial charge in [0.05, 0.1) is 5.69 Å². The van der Waals surface area contributed by atoms with E-state index in [1.807, 2.05) is 0 Å². The summed E-state index contributed by atoms with van der Waals surface area (Å²) >= 11 is 2.70. The third-order valence-electron chi connectivity index (χ3n) is 4.98. The van der Waals surface area contributed by atoms with Gasteiger partial charge in [0.15, 0.2) is 5.13 Å². The van der Waals surface area contributed by atoms with Crippen molar-refractivity contribution in [2.24, 2.45) is 5.92 Å². The molecule has 1 amide bonds. The van der Waals surface area contributed by atoms with Gasteiger partial charge in [-0.25, -0.2) is 13.4 Å². The fourth-order valence-electron chi connectivity index (χ4n) is 3.60. The van der Waals surface area contributed by atoms with Gasteiger partial charge in [0, 0.05) is 11.4 Å². The highest BCUT2D eigenvalue weighted by atomic mass is 32.2. The Kier molecular flexibility index (Phi) is 4.89. The lowest BCUT2D eigenvalue weighted by Crippen LogP contribution is -2.42. The van der Waals surface area contributed by atoms with Gasteiger partial charge in [-0.2, -0.15) is 4.31 Å². The van der Waals surface area contributed by atoms with Crippen molar-refractivity contribution in [3.05, 3.63) is 28.1 Å². The number of amides is 1. The summed E-state index contributed by atoms with van der Waals surface area (Å²) in [4.78, 5) is 18.6. The number of hydrogen-bond acceptors (Lipinski definition) is 6. The number of thiazole rings is 1. The van der Waals surface area contributed by atoms with E-state index >= 15 is 0 Å². The second-order valence-corrected chi connectivity index (χ2v) is 11.1. The van der Waals surface area contributed by atoms with Crippen LogP contribution in [-0.2, 0) is 27.7 Å². The van der Waals surface area contributed by atoms with Gasteiger partial charge in [-0.1, -0.05) is 13.0 Å². The zero-order valence-corrected chi connectivity index (χ0v) is 16.9. The maximum Gasteiger partial charge on any atom is 0.253 e. The van der Waals surface area contributed by atoms with E-state index in [-0.39, 0.29) is 10.1 Å². The monoisotopic (exact) mass is 411 g/mol. The molecule has 0 bridgehead atoms. The third-order valence-corrected chi connectivity index (χ3v) is 9.30. The fraction of sp³-hybridized carbons (Fsp3) is 0.529. The van der Waals surface area contributed by atoms with Crippen LogP contribution in [0, 0.1) is 5.92 Å². The zero-order valence-electron chi connectivity index (χ0n) is 14.5. The summed E-state index contributed by atoms with van der Waals surface area (Å²) in [6.07, 6.45) is 4.31. The minimum Gasteiger partial charge on any atom is -0.301 e. The van der Waals surface area contributed by atoms with Crippen LogP contribution in [0.1, 0.15) is 36.8 Å². The fourth-order valence-corrected chi connectivity index (χ4v) is 7.55. The van der Waals surface area contributed by atoms with Crippen molar-refractivity contribution in [2.45, 2.75) is 49.3 Å². The molecule has 4 rings (SSSR count). The van der Waals surface area contributed by atoms with Crippen LogP contribution in [-0.4, -0.2) is 36.2 Å². The summed E-state index contributed by atoms with van der Waals surface area (Å²) in [5.74, 6) is 0.370. The number of sulfonamides is 1. The molecule has 0 saturated carbocycles. The van der Waals surface area contributed by atoms with Crippen molar-refractivity contribution >= 4 is 43.7 Å². The lowest BCUT2D eigenvalue weighted by molar-refractivity contribution is -0.119. The SMILES string of the molecule is CC1CCc2nc(NC(=O)C3CCCN3S(=O)(=O)c3cccs3)sc2C1. The molecule has 1 aliphatic heterocycles. The molecule has 0 spiro atoms. The Morgan fingerprint density at radius 2 is 2.23 bits per heavy atom. The molecule has 9 heteroatoms. The average molecular weight is 412 g/mol. The first-order valence-corrected chi connectivity index (χ1v) is 11.9. The number of carbonyl (C=O) groups is 1. The molecule has 3 heterocycles. The van der Waals surface area contributed by atoms with Crippen molar-refractivity contribution in [3.63, 3.8) is 0 Å². The lowest BCUT2D eigenvalue weighted by atomic mass is 9.93. The second kappa shape index (κ2) is 7.03. The summed E-state index contributed by atoms with van der Waals surface area (Å²) in [6, 6.07) is 2.63. The number of anilines is 1. The summed E-state index contributed by atoms with van der Waals surface area (Å²) in [5, 5.41) is 5.20. The molecule has 2 aliphatic rings. The van der Waals surface area contributed by atoms with E-state index in [4.69, 9.17) is 0 Å². The highest BCUT2D eigenvalue weighted by Gasteiger charge is 2.40. The summed E-state index contributed by atoms with van der Waals surface area (Å²) in [6.45, 7) is 2.61. The molecule has 2 aromatic rings. The average Bonchev–Trinajstić information content (AvgIpc) is 3.34. The van der Waals surface area contributed by atoms with Crippen molar-refractivity contribution in [1.29, 1.82) is 0 Å². The van der Waals surface area contributed by atoms with E-state index in [0.29, 0.717) is 30.4 Å². The van der Waals surface area contributed by atoms with Crippen molar-refractivity contribution in [3.8, 4) is 0 Å². The molecule has 140 valence electrons. The zero-order chi connectivity index (χ0) is 18.3. The smallest absolute Gasteiger partial charge is 0.253 e. The number of rotatable bonds is 4. The van der Waals surface area contributed by atoms with Crippen LogP contribution in [0.2, 0.25) is 0 Å². The topological polar surface area (TPSA) is 79.4 Å². The van der Waals surface area contributed by atoms with Gasteiger partial charge in [0.25, 0.3) is 10.0 Å². The molecule has 1 fully saturated rings. The second-order valence-electron chi connectivity index (χ2n) is 6.93. The van der Waals surface area contributed by atoms with Gasteiger partial charge >= 0.3 is 0 Å². The minimum atomic E-state index is -3.62. The van der Waals surface area contributed by atoms with Crippen LogP contribution in [0.4, 0.5) is 5.13 Å². The number of hydrogen-bond donors (Lipinski definition) is 1. The number of nitrogens with zero attached hydrogens (tertiary/aromatic N) is 2. The number of carbonyl (C=O) groups excluding carboxylic acids is 1. The maximum atomic E-state index is 12.8. The van der Waals surface area contributed by atoms with Crippen LogP contribution in [0.25, 0.3) is 0 Å².